The van der Waals surface area contributed by atoms with Crippen molar-refractivity contribution in [3.8, 4) is 0 Å². The van der Waals surface area contributed by atoms with Gasteiger partial charge in [0.1, 0.15) is 11.6 Å². The van der Waals surface area contributed by atoms with Gasteiger partial charge in [-0.25, -0.2) is 4.79 Å². The summed E-state index contributed by atoms with van der Waals surface area (Å²) in [5, 5.41) is 2.32. The zero-order valence-electron chi connectivity index (χ0n) is 17.6. The molecule has 8 heteroatoms. The lowest BCUT2D eigenvalue weighted by molar-refractivity contribution is -0.136. The van der Waals surface area contributed by atoms with Gasteiger partial charge in [-0.05, 0) is 56.7 Å². The Morgan fingerprint density at radius 1 is 1.20 bits per heavy atom. The number of hydrogen-bond donors (Lipinski definition) is 1. The van der Waals surface area contributed by atoms with Gasteiger partial charge in [0.15, 0.2) is 0 Å². The molecule has 1 unspecified atom stereocenters. The normalized spacial score (nSPS) is 22.0. The van der Waals surface area contributed by atoms with Gasteiger partial charge < -0.3 is 14.5 Å². The molecule has 1 aromatic carbocycles. The van der Waals surface area contributed by atoms with E-state index in [2.05, 4.69) is 5.32 Å². The highest BCUT2D eigenvalue weighted by Crippen LogP contribution is 2.30. The summed E-state index contributed by atoms with van der Waals surface area (Å²) in [6, 6.07) is 5.19. The van der Waals surface area contributed by atoms with Crippen molar-refractivity contribution in [3.05, 3.63) is 34.9 Å². The lowest BCUT2D eigenvalue weighted by Crippen LogP contribution is -2.52. The van der Waals surface area contributed by atoms with Crippen LogP contribution in [0.5, 0.6) is 0 Å². The van der Waals surface area contributed by atoms with Gasteiger partial charge in [-0.2, -0.15) is 0 Å². The number of fused-ring (bicyclic) bond motifs is 1. The summed E-state index contributed by atoms with van der Waals surface area (Å²) >= 11 is 0. The van der Waals surface area contributed by atoms with Gasteiger partial charge in [-0.3, -0.25) is 19.7 Å². The zero-order valence-corrected chi connectivity index (χ0v) is 17.6. The summed E-state index contributed by atoms with van der Waals surface area (Å²) in [5.74, 6) is -0.488. The Balaban J connectivity index is 1.35. The van der Waals surface area contributed by atoms with Gasteiger partial charge >= 0.3 is 6.09 Å². The second-order valence-electron chi connectivity index (χ2n) is 9.35. The summed E-state index contributed by atoms with van der Waals surface area (Å²) in [5.41, 5.74) is 2.14. The molecule has 0 bridgehead atoms. The van der Waals surface area contributed by atoms with Gasteiger partial charge in [0, 0.05) is 31.6 Å². The third kappa shape index (κ3) is 4.04. The Bertz CT molecular complexity index is 914. The Labute approximate surface area is 175 Å². The lowest BCUT2D eigenvalue weighted by Gasteiger charge is -2.40. The molecule has 0 aliphatic carbocycles. The quantitative estimate of drug-likeness (QED) is 0.763. The van der Waals surface area contributed by atoms with Crippen LogP contribution in [0.15, 0.2) is 18.2 Å². The summed E-state index contributed by atoms with van der Waals surface area (Å²) in [4.78, 5) is 51.6. The van der Waals surface area contributed by atoms with E-state index in [1.807, 2.05) is 39.0 Å². The molecule has 3 heterocycles. The first kappa shape index (κ1) is 20.4. The minimum Gasteiger partial charge on any atom is -0.444 e. The maximum atomic E-state index is 12.8. The van der Waals surface area contributed by atoms with E-state index in [1.54, 1.807) is 9.80 Å². The van der Waals surface area contributed by atoms with Crippen molar-refractivity contribution in [1.29, 1.82) is 0 Å². The minimum absolute atomic E-state index is 0.161. The number of benzene rings is 1. The van der Waals surface area contributed by atoms with Crippen molar-refractivity contribution in [2.75, 3.05) is 13.1 Å². The SMILES string of the molecule is CC(C)(C)OC(=O)N1CC(Cc2ccc3c(c2)CN(C2CCC(=O)NC2=O)C3=O)C1. The first-order chi connectivity index (χ1) is 14.1. The van der Waals surface area contributed by atoms with Crippen molar-refractivity contribution in [1.82, 2.24) is 15.1 Å². The molecule has 3 aliphatic rings. The molecule has 0 radical (unpaired) electrons. The highest BCUT2D eigenvalue weighted by Gasteiger charge is 2.39. The van der Waals surface area contributed by atoms with Gasteiger partial charge in [0.25, 0.3) is 5.91 Å². The molecule has 1 atom stereocenters. The van der Waals surface area contributed by atoms with Crippen LogP contribution in [0.3, 0.4) is 0 Å². The topological polar surface area (TPSA) is 96.0 Å². The number of piperidine rings is 1. The molecule has 1 N–H and O–H groups in total. The second-order valence-corrected chi connectivity index (χ2v) is 9.35. The smallest absolute Gasteiger partial charge is 0.410 e. The minimum atomic E-state index is -0.597. The van der Waals surface area contributed by atoms with E-state index in [4.69, 9.17) is 4.74 Å². The molecule has 30 heavy (non-hydrogen) atoms. The van der Waals surface area contributed by atoms with E-state index in [1.165, 1.54) is 0 Å². The summed E-state index contributed by atoms with van der Waals surface area (Å²) in [6.45, 7) is 7.26. The lowest BCUT2D eigenvalue weighted by atomic mass is 9.91. The molecule has 4 rings (SSSR count). The largest absolute Gasteiger partial charge is 0.444 e. The Morgan fingerprint density at radius 3 is 2.60 bits per heavy atom. The van der Waals surface area contributed by atoms with E-state index in [0.717, 1.165) is 17.5 Å². The fourth-order valence-electron chi connectivity index (χ4n) is 4.26. The number of likely N-dealkylation sites (tertiary alicyclic amines) is 1. The monoisotopic (exact) mass is 413 g/mol. The number of nitrogens with zero attached hydrogens (tertiary/aromatic N) is 2. The third-order valence-corrected chi connectivity index (χ3v) is 5.72. The second kappa shape index (κ2) is 7.41. The van der Waals surface area contributed by atoms with E-state index < -0.39 is 17.6 Å². The van der Waals surface area contributed by atoms with Gasteiger partial charge in [-0.1, -0.05) is 12.1 Å². The van der Waals surface area contributed by atoms with Crippen LogP contribution in [0.4, 0.5) is 4.79 Å². The molecule has 4 amide bonds. The molecule has 0 aromatic heterocycles. The number of ether oxygens (including phenoxy) is 1. The van der Waals surface area contributed by atoms with Crippen molar-refractivity contribution in [2.24, 2.45) is 5.92 Å². The first-order valence-corrected chi connectivity index (χ1v) is 10.3. The van der Waals surface area contributed by atoms with E-state index >= 15 is 0 Å². The number of amides is 4. The summed E-state index contributed by atoms with van der Waals surface area (Å²) < 4.78 is 5.39. The fourth-order valence-corrected chi connectivity index (χ4v) is 4.26. The Morgan fingerprint density at radius 2 is 1.93 bits per heavy atom. The first-order valence-electron chi connectivity index (χ1n) is 10.3. The Kier molecular flexibility index (Phi) is 5.03. The number of carbonyl (C=O) groups excluding carboxylic acids is 4. The molecule has 3 aliphatic heterocycles. The van der Waals surface area contributed by atoms with Crippen LogP contribution >= 0.6 is 0 Å². The van der Waals surface area contributed by atoms with Gasteiger partial charge in [-0.15, -0.1) is 0 Å². The molecular formula is C22H27N3O5. The molecule has 0 spiro atoms. The highest BCUT2D eigenvalue weighted by atomic mass is 16.6. The van der Waals surface area contributed by atoms with Crippen LogP contribution in [0.25, 0.3) is 0 Å². The number of hydrogen-bond acceptors (Lipinski definition) is 5. The number of nitrogens with one attached hydrogen (secondary N) is 1. The van der Waals surface area contributed by atoms with Crippen LogP contribution in [-0.2, 0) is 27.3 Å². The van der Waals surface area contributed by atoms with Crippen molar-refractivity contribution < 1.29 is 23.9 Å². The standard InChI is InChI=1S/C22H27N3O5/c1-22(2,3)30-21(29)24-10-14(11-24)8-13-4-5-16-15(9-13)12-25(20(16)28)17-6-7-18(26)23-19(17)27/h4-5,9,14,17H,6-8,10-12H2,1-3H3,(H,23,26,27). The predicted molar refractivity (Wildman–Crippen MR) is 107 cm³/mol. The van der Waals surface area contributed by atoms with E-state index in [9.17, 15) is 19.2 Å². The molecule has 2 fully saturated rings. The van der Waals surface area contributed by atoms with E-state index in [-0.39, 0.29) is 24.3 Å². The van der Waals surface area contributed by atoms with Crippen LogP contribution in [-0.4, -0.2) is 58.3 Å². The molecule has 160 valence electrons. The predicted octanol–water partition coefficient (Wildman–Crippen LogP) is 1.86. The maximum absolute atomic E-state index is 12.8. The molecular weight excluding hydrogens is 386 g/mol. The molecule has 8 nitrogen and oxygen atoms in total. The van der Waals surface area contributed by atoms with Crippen LogP contribution in [0.2, 0.25) is 0 Å². The van der Waals surface area contributed by atoms with Crippen LogP contribution < -0.4 is 5.32 Å². The number of carbonyl (C=O) groups is 4. The average molecular weight is 413 g/mol. The number of rotatable bonds is 3. The molecule has 2 saturated heterocycles. The maximum Gasteiger partial charge on any atom is 0.410 e. The third-order valence-electron chi connectivity index (χ3n) is 5.72. The van der Waals surface area contributed by atoms with Crippen molar-refractivity contribution in [2.45, 2.75) is 58.2 Å². The summed E-state index contributed by atoms with van der Waals surface area (Å²) in [7, 11) is 0. The average Bonchev–Trinajstić information content (AvgIpc) is 2.92. The molecule has 1 aromatic rings. The molecule has 0 saturated carbocycles. The van der Waals surface area contributed by atoms with Crippen LogP contribution in [0, 0.1) is 5.92 Å². The zero-order chi connectivity index (χ0) is 21.6. The van der Waals surface area contributed by atoms with Crippen molar-refractivity contribution >= 4 is 23.8 Å². The van der Waals surface area contributed by atoms with Gasteiger partial charge in [0.05, 0.1) is 0 Å². The summed E-state index contributed by atoms with van der Waals surface area (Å²) in [6.07, 6.45) is 1.15. The number of imide groups is 1. The highest BCUT2D eigenvalue weighted by molar-refractivity contribution is 6.05. The van der Waals surface area contributed by atoms with Crippen LogP contribution in [0.1, 0.15) is 55.1 Å². The van der Waals surface area contributed by atoms with Gasteiger partial charge in [0.2, 0.25) is 11.8 Å². The van der Waals surface area contributed by atoms with E-state index in [0.29, 0.717) is 37.5 Å². The fraction of sp³-hybridized carbons (Fsp3) is 0.545. The van der Waals surface area contributed by atoms with Crippen molar-refractivity contribution in [3.63, 3.8) is 0 Å². The Hall–Kier alpha value is -2.90.